The van der Waals surface area contributed by atoms with E-state index in [-0.39, 0.29) is 46.1 Å². The Morgan fingerprint density at radius 3 is 2.28 bits per heavy atom. The largest absolute Gasteiger partial charge is 0.392 e. The average Bonchev–Trinajstić information content (AvgIpc) is 2.71. The molecule has 4 heteroatoms. The molecule has 4 rings (SSSR count). The van der Waals surface area contributed by atoms with Crippen LogP contribution in [0.5, 0.6) is 0 Å². The maximum Gasteiger partial charge on any atom is 0.173 e. The SMILES string of the molecule is CC(=O)C1=C(C)CC2(C)CC3(C)CC4C(C(C)C)C=C(CC(C)C)C(O)C4C(O)C3C(C)C2(C)C1=O. The van der Waals surface area contributed by atoms with E-state index in [1.54, 1.807) is 0 Å². The molecule has 0 bridgehead atoms. The van der Waals surface area contributed by atoms with Crippen LogP contribution in [-0.2, 0) is 9.59 Å². The molecule has 2 fully saturated rings. The molecule has 4 aliphatic carbocycles. The van der Waals surface area contributed by atoms with Gasteiger partial charge in [-0.15, -0.1) is 0 Å². The van der Waals surface area contributed by atoms with Crippen molar-refractivity contribution in [3.8, 4) is 0 Å². The smallest absolute Gasteiger partial charge is 0.173 e. The van der Waals surface area contributed by atoms with Crippen molar-refractivity contribution in [2.75, 3.05) is 0 Å². The summed E-state index contributed by atoms with van der Waals surface area (Å²) in [4.78, 5) is 26.6. The fourth-order valence-corrected chi connectivity index (χ4v) is 9.98. The Kier molecular flexibility index (Phi) is 6.87. The molecule has 0 aromatic rings. The Morgan fingerprint density at radius 1 is 1.14 bits per heavy atom. The Hall–Kier alpha value is -1.26. The third-order valence-corrected chi connectivity index (χ3v) is 11.5. The van der Waals surface area contributed by atoms with E-state index in [1.165, 1.54) is 6.92 Å². The number of rotatable bonds is 4. The lowest BCUT2D eigenvalue weighted by molar-refractivity contribution is -0.221. The average molecular weight is 499 g/mol. The van der Waals surface area contributed by atoms with E-state index in [2.05, 4.69) is 61.5 Å². The van der Waals surface area contributed by atoms with Crippen LogP contribution in [0, 0.1) is 57.7 Å². The van der Waals surface area contributed by atoms with Crippen LogP contribution in [0.15, 0.2) is 22.8 Å². The first kappa shape index (κ1) is 27.8. The summed E-state index contributed by atoms with van der Waals surface area (Å²) in [5.74, 6) is 0.824. The van der Waals surface area contributed by atoms with Crippen LogP contribution in [0.25, 0.3) is 0 Å². The summed E-state index contributed by atoms with van der Waals surface area (Å²) in [5.41, 5.74) is 1.25. The quantitative estimate of drug-likeness (QED) is 0.360. The molecule has 10 unspecified atom stereocenters. The van der Waals surface area contributed by atoms with Gasteiger partial charge in [-0.25, -0.2) is 0 Å². The first-order valence-electron chi connectivity index (χ1n) is 14.3. The van der Waals surface area contributed by atoms with Crippen LogP contribution < -0.4 is 0 Å². The van der Waals surface area contributed by atoms with Gasteiger partial charge < -0.3 is 10.2 Å². The molecule has 4 nitrogen and oxygen atoms in total. The molecule has 2 saturated carbocycles. The van der Waals surface area contributed by atoms with Gasteiger partial charge >= 0.3 is 0 Å². The second kappa shape index (κ2) is 8.90. The number of allylic oxidation sites excluding steroid dienone is 3. The second-order valence-corrected chi connectivity index (χ2v) is 14.7. The van der Waals surface area contributed by atoms with Crippen molar-refractivity contribution in [1.29, 1.82) is 0 Å². The van der Waals surface area contributed by atoms with Gasteiger partial charge in [-0.05, 0) is 91.4 Å². The molecule has 0 aliphatic heterocycles. The number of aliphatic hydroxyl groups is 2. The van der Waals surface area contributed by atoms with E-state index in [1.807, 2.05) is 6.92 Å². The van der Waals surface area contributed by atoms with E-state index < -0.39 is 17.6 Å². The van der Waals surface area contributed by atoms with Gasteiger partial charge in [-0.1, -0.05) is 67.0 Å². The molecule has 36 heavy (non-hydrogen) atoms. The van der Waals surface area contributed by atoms with Gasteiger partial charge in [0.05, 0.1) is 17.8 Å². The molecule has 0 radical (unpaired) electrons. The lowest BCUT2D eigenvalue weighted by Gasteiger charge is -2.68. The zero-order chi connectivity index (χ0) is 27.1. The van der Waals surface area contributed by atoms with E-state index in [9.17, 15) is 19.8 Å². The second-order valence-electron chi connectivity index (χ2n) is 14.7. The molecule has 10 atom stereocenters. The molecule has 0 aromatic carbocycles. The highest BCUT2D eigenvalue weighted by molar-refractivity contribution is 6.22. The van der Waals surface area contributed by atoms with E-state index >= 15 is 0 Å². The van der Waals surface area contributed by atoms with Gasteiger partial charge in [-0.2, -0.15) is 0 Å². The molecule has 0 saturated heterocycles. The van der Waals surface area contributed by atoms with Crippen molar-refractivity contribution < 1.29 is 19.8 Å². The number of ketones is 2. The van der Waals surface area contributed by atoms with Crippen molar-refractivity contribution in [2.45, 2.75) is 107 Å². The first-order chi connectivity index (χ1) is 16.5. The highest BCUT2D eigenvalue weighted by Gasteiger charge is 2.69. The van der Waals surface area contributed by atoms with Gasteiger partial charge in [0.25, 0.3) is 0 Å². The summed E-state index contributed by atoms with van der Waals surface area (Å²) in [5, 5.41) is 23.8. The van der Waals surface area contributed by atoms with Crippen molar-refractivity contribution >= 4 is 11.6 Å². The summed E-state index contributed by atoms with van der Waals surface area (Å²) in [7, 11) is 0. The third-order valence-electron chi connectivity index (χ3n) is 11.5. The number of aliphatic hydroxyl groups excluding tert-OH is 2. The topological polar surface area (TPSA) is 74.6 Å². The number of hydrogen-bond donors (Lipinski definition) is 2. The van der Waals surface area contributed by atoms with E-state index in [0.717, 1.165) is 36.8 Å². The van der Waals surface area contributed by atoms with Crippen LogP contribution in [-0.4, -0.2) is 34.0 Å². The zero-order valence-corrected chi connectivity index (χ0v) is 24.3. The Balaban J connectivity index is 1.83. The highest BCUT2D eigenvalue weighted by atomic mass is 16.3. The monoisotopic (exact) mass is 498 g/mol. The predicted octanol–water partition coefficient (Wildman–Crippen LogP) is 6.16. The van der Waals surface area contributed by atoms with Gasteiger partial charge in [0, 0.05) is 11.3 Å². The molecule has 4 aliphatic rings. The van der Waals surface area contributed by atoms with Gasteiger partial charge in [0.2, 0.25) is 0 Å². The summed E-state index contributed by atoms with van der Waals surface area (Å²) < 4.78 is 0. The molecule has 202 valence electrons. The fraction of sp³-hybridized carbons (Fsp3) is 0.812. The lowest BCUT2D eigenvalue weighted by atomic mass is 9.35. The van der Waals surface area contributed by atoms with Crippen LogP contribution in [0.4, 0.5) is 0 Å². The summed E-state index contributed by atoms with van der Waals surface area (Å²) in [6, 6.07) is 0. The molecule has 0 spiro atoms. The zero-order valence-electron chi connectivity index (χ0n) is 24.3. The van der Waals surface area contributed by atoms with Crippen molar-refractivity contribution in [3.63, 3.8) is 0 Å². The van der Waals surface area contributed by atoms with Crippen LogP contribution in [0.2, 0.25) is 0 Å². The van der Waals surface area contributed by atoms with Crippen LogP contribution in [0.1, 0.15) is 94.9 Å². The summed E-state index contributed by atoms with van der Waals surface area (Å²) in [6.45, 7) is 21.1. The predicted molar refractivity (Wildman–Crippen MR) is 144 cm³/mol. The van der Waals surface area contributed by atoms with Crippen LogP contribution >= 0.6 is 0 Å². The van der Waals surface area contributed by atoms with Crippen LogP contribution in [0.3, 0.4) is 0 Å². The molecular formula is C32H50O4. The molecule has 0 heterocycles. The Bertz CT molecular complexity index is 1000. The molecule has 0 aromatic heterocycles. The minimum absolute atomic E-state index is 0.0326. The maximum atomic E-state index is 14.1. The number of fused-ring (bicyclic) bond motifs is 3. The van der Waals surface area contributed by atoms with Crippen molar-refractivity contribution in [3.05, 3.63) is 22.8 Å². The summed E-state index contributed by atoms with van der Waals surface area (Å²) in [6.07, 6.45) is 4.42. The van der Waals surface area contributed by atoms with Crippen molar-refractivity contribution in [2.24, 2.45) is 57.7 Å². The van der Waals surface area contributed by atoms with E-state index in [0.29, 0.717) is 23.3 Å². The minimum Gasteiger partial charge on any atom is -0.392 e. The number of carbonyl (C=O) groups excluding carboxylic acids is 2. The lowest BCUT2D eigenvalue weighted by Crippen LogP contribution is -2.68. The maximum absolute atomic E-state index is 14.1. The first-order valence-corrected chi connectivity index (χ1v) is 14.3. The normalized spacial score (nSPS) is 46.9. The van der Waals surface area contributed by atoms with Gasteiger partial charge in [0.15, 0.2) is 11.6 Å². The fourth-order valence-electron chi connectivity index (χ4n) is 9.98. The minimum atomic E-state index is -0.723. The number of Topliss-reactive ketones (excluding diaryl/α,β-unsaturated/α-hetero) is 2. The number of carbonyl (C=O) groups is 2. The molecule has 2 N–H and O–H groups in total. The van der Waals surface area contributed by atoms with Crippen molar-refractivity contribution in [1.82, 2.24) is 0 Å². The van der Waals surface area contributed by atoms with Gasteiger partial charge in [-0.3, -0.25) is 9.59 Å². The third kappa shape index (κ3) is 3.75. The molecular weight excluding hydrogens is 448 g/mol. The highest BCUT2D eigenvalue weighted by Crippen LogP contribution is 2.71. The van der Waals surface area contributed by atoms with E-state index in [4.69, 9.17) is 0 Å². The molecule has 0 amide bonds. The Morgan fingerprint density at radius 2 is 1.75 bits per heavy atom. The van der Waals surface area contributed by atoms with Gasteiger partial charge in [0.1, 0.15) is 0 Å². The number of hydrogen-bond acceptors (Lipinski definition) is 4. The standard InChI is InChI=1S/C32H50O4/c1-16(2)11-21-12-22(17(3)4)23-14-30(8)15-31(9)13-18(5)24(20(7)33)29(36)32(31,10)19(6)26(30)28(35)25(23)27(21)34/h12,16-17,19,22-23,25-28,34-35H,11,13-15H2,1-10H3. The summed E-state index contributed by atoms with van der Waals surface area (Å²) >= 11 is 0. The Labute approximate surface area is 219 Å².